The minimum atomic E-state index is -2.27. The molecule has 2 fully saturated rings. The Hall–Kier alpha value is -2.90. The number of aliphatic carboxylic acids is 2. The Balaban J connectivity index is 0.000000308. The van der Waals surface area contributed by atoms with E-state index < -0.39 is 29.7 Å². The zero-order valence-electron chi connectivity index (χ0n) is 19.7. The quantitative estimate of drug-likeness (QED) is 0.231. The summed E-state index contributed by atoms with van der Waals surface area (Å²) in [6, 6.07) is 3.28. The van der Waals surface area contributed by atoms with Gasteiger partial charge < -0.3 is 41.0 Å². The third-order valence-corrected chi connectivity index (χ3v) is 6.65. The lowest BCUT2D eigenvalue weighted by Crippen LogP contribution is -2.39. The molecule has 2 heterocycles. The molecule has 4 atom stereocenters. The van der Waals surface area contributed by atoms with Crippen molar-refractivity contribution in [3.63, 3.8) is 0 Å². The molecule has 8 N–H and O–H groups in total. The molecule has 1 aromatic carbocycles. The van der Waals surface area contributed by atoms with E-state index in [-0.39, 0.29) is 5.91 Å². The summed E-state index contributed by atoms with van der Waals surface area (Å²) in [7, 11) is 0. The fourth-order valence-corrected chi connectivity index (χ4v) is 4.80. The molecule has 4 rings (SSSR count). The van der Waals surface area contributed by atoms with Crippen LogP contribution in [0.3, 0.4) is 0 Å². The number of furan rings is 1. The molecule has 2 aromatic rings. The number of nitrogens with one attached hydrogen (secondary N) is 1. The average Bonchev–Trinajstić information content (AvgIpc) is 3.13. The highest BCUT2D eigenvalue weighted by Gasteiger charge is 2.55. The van der Waals surface area contributed by atoms with Crippen LogP contribution in [-0.4, -0.2) is 92.3 Å². The molecule has 4 unspecified atom stereocenters. The maximum atomic E-state index is 12.6. The van der Waals surface area contributed by atoms with Crippen molar-refractivity contribution in [3.8, 4) is 0 Å². The molecule has 1 aromatic heterocycles. The van der Waals surface area contributed by atoms with Gasteiger partial charge in [0.25, 0.3) is 5.91 Å². The number of halogens is 1. The molecule has 1 saturated heterocycles. The number of benzene rings is 1. The number of carboxylic acid groups (broad SMARTS) is 2. The van der Waals surface area contributed by atoms with E-state index in [2.05, 4.69) is 10.2 Å². The highest BCUT2D eigenvalue weighted by atomic mass is 35.5. The molecule has 0 radical (unpaired) electrons. The predicted octanol–water partition coefficient (Wildman–Crippen LogP) is 0.224. The van der Waals surface area contributed by atoms with E-state index in [1.54, 1.807) is 12.1 Å². The fourth-order valence-electron chi connectivity index (χ4n) is 4.59. The van der Waals surface area contributed by atoms with Crippen LogP contribution in [0.4, 0.5) is 5.69 Å². The summed E-state index contributed by atoms with van der Waals surface area (Å²) in [5.74, 6) is -2.00. The van der Waals surface area contributed by atoms with Gasteiger partial charge in [-0.15, -0.1) is 0 Å². The first kappa shape index (κ1) is 27.7. The Bertz CT molecular complexity index is 1120. The summed E-state index contributed by atoms with van der Waals surface area (Å²) in [4.78, 5) is 34.5. The summed E-state index contributed by atoms with van der Waals surface area (Å²) < 4.78 is 5.43. The maximum absolute atomic E-state index is 12.6. The number of hydrogen-bond acceptors (Lipinski definition) is 9. The van der Waals surface area contributed by atoms with Crippen LogP contribution in [0, 0.1) is 17.8 Å². The minimum Gasteiger partial charge on any atom is -0.479 e. The average molecular weight is 528 g/mol. The molecular weight excluding hydrogens is 498 g/mol. The normalized spacial score (nSPS) is 22.8. The molecule has 1 aliphatic carbocycles. The first-order chi connectivity index (χ1) is 16.7. The van der Waals surface area contributed by atoms with Gasteiger partial charge in [-0.3, -0.25) is 9.69 Å². The number of nitrogens with two attached hydrogens (primary N) is 1. The number of rotatable bonds is 8. The maximum Gasteiger partial charge on any atom is 0.335 e. The van der Waals surface area contributed by atoms with Crippen LogP contribution < -0.4 is 11.1 Å². The Morgan fingerprint density at radius 2 is 1.75 bits per heavy atom. The lowest BCUT2D eigenvalue weighted by molar-refractivity contribution is -0.165. The molecule has 0 spiro atoms. The van der Waals surface area contributed by atoms with Crippen LogP contribution in [0.15, 0.2) is 22.8 Å². The Labute approximate surface area is 211 Å². The highest BCUT2D eigenvalue weighted by molar-refractivity contribution is 6.35. The van der Waals surface area contributed by atoms with E-state index in [1.165, 1.54) is 6.26 Å². The number of hydrogen-bond donors (Lipinski definition) is 7. The van der Waals surface area contributed by atoms with Gasteiger partial charge in [-0.25, -0.2) is 9.59 Å². The summed E-state index contributed by atoms with van der Waals surface area (Å²) in [5.41, 5.74) is 6.58. The number of aliphatic hydroxyl groups excluding tert-OH is 2. The summed E-state index contributed by atoms with van der Waals surface area (Å²) >= 11 is 6.14. The molecular formula is C23H30ClN3O9. The number of likely N-dealkylation sites (tertiary alicyclic amines) is 1. The van der Waals surface area contributed by atoms with Crippen LogP contribution in [-0.2, 0) is 9.59 Å². The molecule has 12 nitrogen and oxygen atoms in total. The third kappa shape index (κ3) is 6.26. The van der Waals surface area contributed by atoms with Gasteiger partial charge in [0.1, 0.15) is 5.58 Å². The summed E-state index contributed by atoms with van der Waals surface area (Å²) in [6.07, 6.45) is -3.02. The van der Waals surface area contributed by atoms with Crippen LogP contribution in [0.1, 0.15) is 24.2 Å². The smallest absolute Gasteiger partial charge is 0.335 e. The molecule has 1 aliphatic heterocycles. The molecule has 0 bridgehead atoms. The van der Waals surface area contributed by atoms with Crippen molar-refractivity contribution in [2.75, 3.05) is 31.9 Å². The number of nitrogens with zero attached hydrogens (tertiary/aromatic N) is 1. The number of β-amino-alcohol motifs (C(OH)–C–C–N with tert-alkyl or cyclic N) is 1. The largest absolute Gasteiger partial charge is 0.479 e. The molecule has 1 saturated carbocycles. The van der Waals surface area contributed by atoms with Crippen molar-refractivity contribution in [2.45, 2.75) is 31.7 Å². The monoisotopic (exact) mass is 527 g/mol. The van der Waals surface area contributed by atoms with Gasteiger partial charge in [0.05, 0.1) is 28.1 Å². The lowest BCUT2D eigenvalue weighted by atomic mass is 10.1. The molecule has 1 amide bonds. The van der Waals surface area contributed by atoms with Gasteiger partial charge in [0.15, 0.2) is 12.2 Å². The zero-order chi connectivity index (χ0) is 26.9. The second kappa shape index (κ2) is 10.6. The Morgan fingerprint density at radius 3 is 2.25 bits per heavy atom. The van der Waals surface area contributed by atoms with E-state index in [0.29, 0.717) is 58.1 Å². The number of piperidine rings is 1. The van der Waals surface area contributed by atoms with Gasteiger partial charge in [0, 0.05) is 31.6 Å². The number of carbonyl (C=O) groups is 3. The Kier molecular flexibility index (Phi) is 8.16. The van der Waals surface area contributed by atoms with Crippen molar-refractivity contribution in [1.29, 1.82) is 0 Å². The van der Waals surface area contributed by atoms with Crippen molar-refractivity contribution in [2.24, 2.45) is 17.8 Å². The van der Waals surface area contributed by atoms with Crippen LogP contribution in [0.25, 0.3) is 11.0 Å². The van der Waals surface area contributed by atoms with Gasteiger partial charge in [-0.1, -0.05) is 11.6 Å². The van der Waals surface area contributed by atoms with E-state index in [4.69, 9.17) is 42.2 Å². The second-order valence-corrected chi connectivity index (χ2v) is 10.2. The number of carbonyl (C=O) groups excluding carboxylic acids is 1. The lowest BCUT2D eigenvalue weighted by Gasteiger charge is -2.27. The number of carboxylic acids is 2. The van der Waals surface area contributed by atoms with Crippen molar-refractivity contribution in [1.82, 2.24) is 10.2 Å². The van der Waals surface area contributed by atoms with Gasteiger partial charge >= 0.3 is 11.9 Å². The van der Waals surface area contributed by atoms with E-state index in [9.17, 15) is 19.5 Å². The number of fused-ring (bicyclic) bond motifs is 2. The summed E-state index contributed by atoms with van der Waals surface area (Å²) in [6.45, 7) is 6.99. The molecule has 13 heteroatoms. The zero-order valence-corrected chi connectivity index (χ0v) is 20.5. The molecule has 198 valence electrons. The standard InChI is InChI=1S/C19H24ClN3O3.C4H6O6/c1-19(2,25)9-23-7-13-12(14(13)8-23)6-22-18(24)11-5-15(20)16(21)10-3-4-26-17(10)11;5-1(3(7)8)2(6)4(9)10/h3-5,12-14,25H,6-9,21H2,1-2H3,(H,22,24);1-2,5-6H,(H,7,8)(H,9,10). The number of aliphatic hydroxyl groups is 3. The van der Waals surface area contributed by atoms with Gasteiger partial charge in [-0.2, -0.15) is 0 Å². The summed E-state index contributed by atoms with van der Waals surface area (Å²) in [5, 5.41) is 46.5. The SMILES string of the molecule is CC(C)(O)CN1CC2C(CNC(=O)c3cc(Cl)c(N)c4ccoc34)C2C1.O=C(O)C(O)C(O)C(=O)O. The fraction of sp³-hybridized carbons (Fsp3) is 0.522. The van der Waals surface area contributed by atoms with Crippen molar-refractivity contribution in [3.05, 3.63) is 29.0 Å². The minimum absolute atomic E-state index is 0.190. The van der Waals surface area contributed by atoms with E-state index >= 15 is 0 Å². The number of nitrogen functional groups attached to an aromatic ring is 1. The number of amides is 1. The number of anilines is 1. The first-order valence-corrected chi connectivity index (χ1v) is 11.6. The van der Waals surface area contributed by atoms with Crippen LogP contribution in [0.5, 0.6) is 0 Å². The van der Waals surface area contributed by atoms with Crippen molar-refractivity contribution < 1.29 is 44.3 Å². The van der Waals surface area contributed by atoms with Gasteiger partial charge in [0.2, 0.25) is 0 Å². The van der Waals surface area contributed by atoms with Crippen molar-refractivity contribution >= 4 is 46.1 Å². The van der Waals surface area contributed by atoms with Crippen LogP contribution in [0.2, 0.25) is 5.02 Å². The second-order valence-electron chi connectivity index (χ2n) is 9.76. The van der Waals surface area contributed by atoms with E-state index in [1.807, 2.05) is 13.8 Å². The van der Waals surface area contributed by atoms with Crippen LogP contribution >= 0.6 is 11.6 Å². The Morgan fingerprint density at radius 1 is 1.19 bits per heavy atom. The predicted molar refractivity (Wildman–Crippen MR) is 128 cm³/mol. The third-order valence-electron chi connectivity index (χ3n) is 6.33. The van der Waals surface area contributed by atoms with Gasteiger partial charge in [-0.05, 0) is 43.7 Å². The van der Waals surface area contributed by atoms with E-state index in [0.717, 1.165) is 13.1 Å². The highest BCUT2D eigenvalue weighted by Crippen LogP contribution is 2.51. The topological polar surface area (TPSA) is 207 Å². The molecule has 2 aliphatic rings. The first-order valence-electron chi connectivity index (χ1n) is 11.2. The molecule has 36 heavy (non-hydrogen) atoms.